The van der Waals surface area contributed by atoms with Gasteiger partial charge in [0.1, 0.15) is 0 Å². The Labute approximate surface area is 183 Å². The largest absolute Gasteiger partial charge is 0.462 e. The fourth-order valence-electron chi connectivity index (χ4n) is 3.29. The van der Waals surface area contributed by atoms with Crippen molar-refractivity contribution in [3.63, 3.8) is 0 Å². The molecule has 0 saturated carbocycles. The Hall–Kier alpha value is -2.44. The third-order valence-electron chi connectivity index (χ3n) is 5.02. The first-order valence-electron chi connectivity index (χ1n) is 10.4. The van der Waals surface area contributed by atoms with Gasteiger partial charge < -0.3 is 9.47 Å². The average Bonchev–Trinajstić information content (AvgIpc) is 3.28. The zero-order valence-corrected chi connectivity index (χ0v) is 18.8. The lowest BCUT2D eigenvalue weighted by molar-refractivity contribution is 0.0490. The molecule has 0 bridgehead atoms. The molecule has 0 aliphatic rings. The van der Waals surface area contributed by atoms with Crippen LogP contribution in [-0.2, 0) is 9.47 Å². The summed E-state index contributed by atoms with van der Waals surface area (Å²) in [5.41, 5.74) is 1.18. The van der Waals surface area contributed by atoms with Gasteiger partial charge in [-0.2, -0.15) is 0 Å². The molecule has 30 heavy (non-hydrogen) atoms. The van der Waals surface area contributed by atoms with Crippen molar-refractivity contribution in [1.29, 1.82) is 0 Å². The fraction of sp³-hybridized carbons (Fsp3) is 0.333. The van der Waals surface area contributed by atoms with E-state index in [4.69, 9.17) is 9.47 Å². The zero-order valence-electron chi connectivity index (χ0n) is 17.2. The Morgan fingerprint density at radius 1 is 0.733 bits per heavy atom. The predicted molar refractivity (Wildman–Crippen MR) is 125 cm³/mol. The second-order valence-electron chi connectivity index (χ2n) is 7.26. The Kier molecular flexibility index (Phi) is 6.35. The minimum Gasteiger partial charge on any atom is -0.462 e. The van der Waals surface area contributed by atoms with E-state index < -0.39 is 0 Å². The van der Waals surface area contributed by atoms with Gasteiger partial charge in [-0.1, -0.05) is 38.8 Å². The lowest BCUT2D eigenvalue weighted by Gasteiger charge is -2.04. The summed E-state index contributed by atoms with van der Waals surface area (Å²) < 4.78 is 15.2. The molecule has 0 saturated heterocycles. The molecule has 4 aromatic rings. The van der Waals surface area contributed by atoms with Gasteiger partial charge in [0, 0.05) is 20.2 Å². The SMILES string of the molecule is CCCCOC(=O)c1ccc2c(c1)sc1c3ccc(C(=O)OCCCC)cc3sc21. The quantitative estimate of drug-likeness (QED) is 0.215. The number of benzene rings is 2. The van der Waals surface area contributed by atoms with Crippen molar-refractivity contribution in [3.05, 3.63) is 47.5 Å². The van der Waals surface area contributed by atoms with Crippen molar-refractivity contribution in [2.24, 2.45) is 0 Å². The standard InChI is InChI=1S/C24H24O4S2/c1-3-5-11-27-23(25)15-7-9-17-19(13-15)29-22-18-10-8-16(14-20(18)30-21(17)22)24(26)28-12-6-4-2/h7-10,13-14H,3-6,11-12H2,1-2H3. The first-order valence-corrected chi connectivity index (χ1v) is 12.0. The molecule has 2 aromatic carbocycles. The topological polar surface area (TPSA) is 52.6 Å². The minimum atomic E-state index is -0.266. The second kappa shape index (κ2) is 9.14. The van der Waals surface area contributed by atoms with Gasteiger partial charge in [0.25, 0.3) is 0 Å². The van der Waals surface area contributed by atoms with E-state index >= 15 is 0 Å². The maximum absolute atomic E-state index is 12.3. The summed E-state index contributed by atoms with van der Waals surface area (Å²) in [6.07, 6.45) is 3.75. The van der Waals surface area contributed by atoms with Crippen molar-refractivity contribution < 1.29 is 19.1 Å². The number of esters is 2. The molecule has 4 nitrogen and oxygen atoms in total. The summed E-state index contributed by atoms with van der Waals surface area (Å²) >= 11 is 3.35. The second-order valence-corrected chi connectivity index (χ2v) is 9.37. The number of hydrogen-bond donors (Lipinski definition) is 0. The third-order valence-corrected chi connectivity index (χ3v) is 7.52. The predicted octanol–water partition coefficient (Wildman–Crippen LogP) is 7.18. The van der Waals surface area contributed by atoms with Crippen LogP contribution in [0.15, 0.2) is 36.4 Å². The number of carbonyl (C=O) groups excluding carboxylic acids is 2. The molecular weight excluding hydrogens is 416 g/mol. The summed E-state index contributed by atoms with van der Waals surface area (Å²) in [5.74, 6) is -0.531. The molecule has 0 amide bonds. The average molecular weight is 441 g/mol. The van der Waals surface area contributed by atoms with Gasteiger partial charge in [0.2, 0.25) is 0 Å². The number of ether oxygens (including phenoxy) is 2. The fourth-order valence-corrected chi connectivity index (χ4v) is 6.03. The van der Waals surface area contributed by atoms with Crippen molar-refractivity contribution in [2.45, 2.75) is 39.5 Å². The Morgan fingerprint density at radius 2 is 1.17 bits per heavy atom. The summed E-state index contributed by atoms with van der Waals surface area (Å²) in [6.45, 7) is 5.06. The van der Waals surface area contributed by atoms with Gasteiger partial charge in [0.15, 0.2) is 0 Å². The molecule has 2 aromatic heterocycles. The van der Waals surface area contributed by atoms with Gasteiger partial charge in [-0.25, -0.2) is 9.59 Å². The van der Waals surface area contributed by atoms with Crippen molar-refractivity contribution >= 4 is 64.2 Å². The van der Waals surface area contributed by atoms with Crippen molar-refractivity contribution in [3.8, 4) is 0 Å². The van der Waals surface area contributed by atoms with Crippen LogP contribution in [0.1, 0.15) is 60.2 Å². The molecule has 4 rings (SSSR count). The Morgan fingerprint density at radius 3 is 1.57 bits per heavy atom. The van der Waals surface area contributed by atoms with Crippen molar-refractivity contribution in [1.82, 2.24) is 0 Å². The zero-order chi connectivity index (χ0) is 21.1. The lowest BCUT2D eigenvalue weighted by atomic mass is 10.1. The molecule has 0 N–H and O–H groups in total. The molecular formula is C24H24O4S2. The summed E-state index contributed by atoms with van der Waals surface area (Å²) in [6, 6.07) is 11.5. The first-order chi connectivity index (χ1) is 14.6. The molecule has 0 aliphatic heterocycles. The van der Waals surface area contributed by atoms with Gasteiger partial charge in [0.05, 0.1) is 33.7 Å². The molecule has 156 valence electrons. The molecule has 0 fully saturated rings. The van der Waals surface area contributed by atoms with E-state index in [0.717, 1.165) is 45.9 Å². The lowest BCUT2D eigenvalue weighted by Crippen LogP contribution is -2.05. The molecule has 0 radical (unpaired) electrons. The number of unbranched alkanes of at least 4 members (excludes halogenated alkanes) is 2. The smallest absolute Gasteiger partial charge is 0.338 e. The van der Waals surface area contributed by atoms with E-state index in [-0.39, 0.29) is 11.9 Å². The number of hydrogen-bond acceptors (Lipinski definition) is 6. The molecule has 6 heteroatoms. The van der Waals surface area contributed by atoms with Crippen LogP contribution in [0.2, 0.25) is 0 Å². The normalized spacial score (nSPS) is 11.4. The highest BCUT2D eigenvalue weighted by molar-refractivity contribution is 7.36. The van der Waals surface area contributed by atoms with Gasteiger partial charge in [-0.3, -0.25) is 0 Å². The van der Waals surface area contributed by atoms with Crippen molar-refractivity contribution in [2.75, 3.05) is 13.2 Å². The van der Waals surface area contributed by atoms with Crippen LogP contribution in [0, 0.1) is 0 Å². The maximum atomic E-state index is 12.3. The molecule has 0 spiro atoms. The Bertz CT molecular complexity index is 1120. The Balaban J connectivity index is 1.64. The van der Waals surface area contributed by atoms with E-state index in [2.05, 4.69) is 13.8 Å². The van der Waals surface area contributed by atoms with E-state index in [1.54, 1.807) is 22.7 Å². The van der Waals surface area contributed by atoms with Gasteiger partial charge in [-0.15, -0.1) is 22.7 Å². The molecule has 0 atom stereocenters. The summed E-state index contributed by atoms with van der Waals surface area (Å²) in [5, 5.41) is 2.27. The first kappa shape index (κ1) is 20.8. The van der Waals surface area contributed by atoms with Crippen LogP contribution >= 0.6 is 22.7 Å². The molecule has 0 unspecified atom stereocenters. The van der Waals surface area contributed by atoms with Crippen LogP contribution in [0.3, 0.4) is 0 Å². The third kappa shape index (κ3) is 4.07. The summed E-state index contributed by atoms with van der Waals surface area (Å²) in [4.78, 5) is 24.5. The number of fused-ring (bicyclic) bond motifs is 5. The van der Waals surface area contributed by atoms with E-state index in [1.165, 1.54) is 9.40 Å². The summed E-state index contributed by atoms with van der Waals surface area (Å²) in [7, 11) is 0. The van der Waals surface area contributed by atoms with Crippen LogP contribution in [0.5, 0.6) is 0 Å². The molecule has 0 aliphatic carbocycles. The van der Waals surface area contributed by atoms with E-state index in [9.17, 15) is 9.59 Å². The van der Waals surface area contributed by atoms with Gasteiger partial charge >= 0.3 is 11.9 Å². The van der Waals surface area contributed by atoms with Crippen LogP contribution in [-0.4, -0.2) is 25.2 Å². The van der Waals surface area contributed by atoms with Gasteiger partial charge in [-0.05, 0) is 37.1 Å². The highest BCUT2D eigenvalue weighted by Gasteiger charge is 2.16. The number of carbonyl (C=O) groups is 2. The van der Waals surface area contributed by atoms with E-state index in [0.29, 0.717) is 24.3 Å². The monoisotopic (exact) mass is 440 g/mol. The van der Waals surface area contributed by atoms with Crippen LogP contribution < -0.4 is 0 Å². The highest BCUT2D eigenvalue weighted by Crippen LogP contribution is 2.44. The minimum absolute atomic E-state index is 0.266. The van der Waals surface area contributed by atoms with E-state index in [1.807, 2.05) is 36.4 Å². The molecule has 2 heterocycles. The van der Waals surface area contributed by atoms with Crippen LogP contribution in [0.4, 0.5) is 0 Å². The number of thiophene rings is 2. The van der Waals surface area contributed by atoms with Crippen LogP contribution in [0.25, 0.3) is 29.6 Å². The highest BCUT2D eigenvalue weighted by atomic mass is 32.1. The number of rotatable bonds is 8. The maximum Gasteiger partial charge on any atom is 0.338 e.